The number of fused-ring (bicyclic) bond motifs is 1. The van der Waals surface area contributed by atoms with Crippen molar-refractivity contribution in [1.82, 2.24) is 14.9 Å². The summed E-state index contributed by atoms with van der Waals surface area (Å²) in [5, 5.41) is 10.3. The fraction of sp³-hybridized carbons (Fsp3) is 0.160. The number of phenolic OH excluding ortho intramolecular Hbond substituents is 1. The van der Waals surface area contributed by atoms with Crippen LogP contribution in [0, 0.1) is 0 Å². The Balaban J connectivity index is 1.64. The lowest BCUT2D eigenvalue weighted by Crippen LogP contribution is -2.29. The highest BCUT2D eigenvalue weighted by atomic mass is 32.1. The molecule has 7 heteroatoms. The third-order valence-corrected chi connectivity index (χ3v) is 6.60. The van der Waals surface area contributed by atoms with Gasteiger partial charge in [-0.1, -0.05) is 42.5 Å². The number of likely N-dealkylation sites (tertiary alicyclic amines) is 1. The number of carbonyl (C=O) groups is 1. The minimum atomic E-state index is -0.278. The molecule has 6 nitrogen and oxygen atoms in total. The number of aromatic nitrogens is 2. The van der Waals surface area contributed by atoms with Gasteiger partial charge in [0.25, 0.3) is 11.5 Å². The van der Waals surface area contributed by atoms with Crippen molar-refractivity contribution in [3.05, 3.63) is 82.4 Å². The van der Waals surface area contributed by atoms with E-state index in [-0.39, 0.29) is 23.0 Å². The molecule has 5 rings (SSSR count). The number of nitrogens with one attached hydrogen (secondary N) is 1. The Morgan fingerprint density at radius 2 is 1.84 bits per heavy atom. The summed E-state index contributed by atoms with van der Waals surface area (Å²) >= 11 is 1.43. The van der Waals surface area contributed by atoms with Gasteiger partial charge >= 0.3 is 0 Å². The van der Waals surface area contributed by atoms with Crippen LogP contribution in [0.15, 0.2) is 65.5 Å². The molecule has 0 unspecified atom stereocenters. The quantitative estimate of drug-likeness (QED) is 0.454. The number of amides is 1. The van der Waals surface area contributed by atoms with Crippen LogP contribution in [0.1, 0.15) is 24.2 Å². The van der Waals surface area contributed by atoms with Gasteiger partial charge in [0.05, 0.1) is 11.0 Å². The van der Waals surface area contributed by atoms with Gasteiger partial charge in [0, 0.05) is 18.0 Å². The number of hydrogen-bond acceptors (Lipinski definition) is 5. The Bertz CT molecular complexity index is 1380. The van der Waals surface area contributed by atoms with E-state index in [1.54, 1.807) is 35.2 Å². The maximum atomic E-state index is 13.3. The molecule has 3 heterocycles. The number of benzene rings is 2. The van der Waals surface area contributed by atoms with Crippen molar-refractivity contribution < 1.29 is 9.90 Å². The van der Waals surface area contributed by atoms with Crippen LogP contribution in [-0.4, -0.2) is 39.0 Å². The van der Waals surface area contributed by atoms with Gasteiger partial charge < -0.3 is 15.0 Å². The standard InChI is InChI=1S/C25H21N3O3S/c29-18-10-6-7-16(13-18)14-19(25(31)28-11-4-5-12-28)22-26-23(30)20-15-21(32-24(20)27-22)17-8-2-1-3-9-17/h1-3,6-10,13-15,29H,4-5,11-12H2,(H,26,27,30)/b19-14+. The van der Waals surface area contributed by atoms with Crippen LogP contribution in [0.3, 0.4) is 0 Å². The number of phenols is 1. The molecule has 1 saturated heterocycles. The molecule has 0 spiro atoms. The minimum absolute atomic E-state index is 0.106. The number of nitrogens with zero attached hydrogens (tertiary/aromatic N) is 2. The summed E-state index contributed by atoms with van der Waals surface area (Å²) < 4.78 is 0. The van der Waals surface area contributed by atoms with Gasteiger partial charge in [-0.15, -0.1) is 11.3 Å². The highest BCUT2D eigenvalue weighted by Crippen LogP contribution is 2.32. The van der Waals surface area contributed by atoms with Gasteiger partial charge in [0.2, 0.25) is 0 Å². The molecule has 1 aliphatic heterocycles. The van der Waals surface area contributed by atoms with Crippen molar-refractivity contribution >= 4 is 39.1 Å². The molecule has 0 atom stereocenters. The molecule has 1 fully saturated rings. The Morgan fingerprint density at radius 3 is 2.59 bits per heavy atom. The summed E-state index contributed by atoms with van der Waals surface area (Å²) in [7, 11) is 0. The van der Waals surface area contributed by atoms with Gasteiger partial charge in [-0.3, -0.25) is 9.59 Å². The minimum Gasteiger partial charge on any atom is -0.508 e. The van der Waals surface area contributed by atoms with E-state index in [0.29, 0.717) is 34.4 Å². The predicted molar refractivity (Wildman–Crippen MR) is 127 cm³/mol. The predicted octanol–water partition coefficient (Wildman–Crippen LogP) is 4.52. The number of aromatic amines is 1. The summed E-state index contributed by atoms with van der Waals surface area (Å²) in [5.74, 6) is 0.173. The maximum Gasteiger partial charge on any atom is 0.259 e. The molecule has 1 amide bonds. The van der Waals surface area contributed by atoms with Gasteiger partial charge in [-0.2, -0.15) is 0 Å². The largest absolute Gasteiger partial charge is 0.508 e. The van der Waals surface area contributed by atoms with E-state index in [2.05, 4.69) is 9.97 Å². The Labute approximate surface area is 188 Å². The van der Waals surface area contributed by atoms with Crippen LogP contribution in [0.25, 0.3) is 32.3 Å². The average Bonchev–Trinajstić information content (AvgIpc) is 3.48. The number of rotatable bonds is 4. The molecule has 0 aliphatic carbocycles. The second-order valence-electron chi connectivity index (χ2n) is 7.76. The number of carbonyl (C=O) groups excluding carboxylic acids is 1. The topological polar surface area (TPSA) is 86.3 Å². The van der Waals surface area contributed by atoms with E-state index in [9.17, 15) is 14.7 Å². The smallest absolute Gasteiger partial charge is 0.259 e. The first-order chi connectivity index (χ1) is 15.6. The van der Waals surface area contributed by atoms with Crippen molar-refractivity contribution in [2.24, 2.45) is 0 Å². The number of aromatic hydroxyl groups is 1. The van der Waals surface area contributed by atoms with Gasteiger partial charge in [-0.05, 0) is 48.2 Å². The first-order valence-electron chi connectivity index (χ1n) is 10.5. The lowest BCUT2D eigenvalue weighted by Gasteiger charge is -2.17. The normalized spacial score (nSPS) is 14.2. The van der Waals surface area contributed by atoms with Crippen molar-refractivity contribution in [3.8, 4) is 16.2 Å². The second kappa shape index (κ2) is 8.43. The van der Waals surface area contributed by atoms with Crippen LogP contribution < -0.4 is 5.56 Å². The average molecular weight is 444 g/mol. The Kier molecular flexibility index (Phi) is 5.33. The van der Waals surface area contributed by atoms with Crippen molar-refractivity contribution in [2.75, 3.05) is 13.1 Å². The second-order valence-corrected chi connectivity index (χ2v) is 8.79. The maximum absolute atomic E-state index is 13.3. The van der Waals surface area contributed by atoms with E-state index >= 15 is 0 Å². The molecule has 32 heavy (non-hydrogen) atoms. The van der Waals surface area contributed by atoms with Crippen LogP contribution in [0.4, 0.5) is 0 Å². The monoisotopic (exact) mass is 443 g/mol. The molecular weight excluding hydrogens is 422 g/mol. The third-order valence-electron chi connectivity index (χ3n) is 5.52. The van der Waals surface area contributed by atoms with Gasteiger partial charge in [0.15, 0.2) is 0 Å². The SMILES string of the molecule is O=C(/C(=C/c1cccc(O)c1)c1nc2sc(-c3ccccc3)cc2c(=O)[nH]1)N1CCCC1. The molecule has 1 aliphatic rings. The summed E-state index contributed by atoms with van der Waals surface area (Å²) in [5.41, 5.74) is 1.71. The number of hydrogen-bond donors (Lipinski definition) is 2. The van der Waals surface area contributed by atoms with Crippen LogP contribution in [-0.2, 0) is 4.79 Å². The molecule has 2 aromatic carbocycles. The molecule has 0 bridgehead atoms. The molecular formula is C25H21N3O3S. The van der Waals surface area contributed by atoms with Crippen LogP contribution in [0.5, 0.6) is 5.75 Å². The van der Waals surface area contributed by atoms with E-state index in [1.807, 2.05) is 36.4 Å². The summed E-state index contributed by atoms with van der Waals surface area (Å²) in [6, 6.07) is 18.3. The summed E-state index contributed by atoms with van der Waals surface area (Å²) in [6.45, 7) is 1.36. The molecule has 2 aromatic heterocycles. The highest BCUT2D eigenvalue weighted by Gasteiger charge is 2.25. The first-order valence-corrected chi connectivity index (χ1v) is 11.3. The zero-order chi connectivity index (χ0) is 22.1. The van der Waals surface area contributed by atoms with Crippen molar-refractivity contribution in [2.45, 2.75) is 12.8 Å². The Hall–Kier alpha value is -3.71. The molecule has 4 aromatic rings. The zero-order valence-electron chi connectivity index (χ0n) is 17.2. The van der Waals surface area contributed by atoms with Crippen molar-refractivity contribution in [1.29, 1.82) is 0 Å². The van der Waals surface area contributed by atoms with Gasteiger partial charge in [-0.25, -0.2) is 4.98 Å². The lowest BCUT2D eigenvalue weighted by molar-refractivity contribution is -0.123. The van der Waals surface area contributed by atoms with E-state index in [0.717, 1.165) is 23.3 Å². The zero-order valence-corrected chi connectivity index (χ0v) is 18.1. The lowest BCUT2D eigenvalue weighted by atomic mass is 10.1. The van der Waals surface area contributed by atoms with E-state index < -0.39 is 0 Å². The van der Waals surface area contributed by atoms with Crippen LogP contribution in [0.2, 0.25) is 0 Å². The third kappa shape index (κ3) is 3.94. The molecule has 2 N–H and O–H groups in total. The highest BCUT2D eigenvalue weighted by molar-refractivity contribution is 7.21. The Morgan fingerprint density at radius 1 is 1.06 bits per heavy atom. The molecule has 0 radical (unpaired) electrons. The van der Waals surface area contributed by atoms with E-state index in [4.69, 9.17) is 0 Å². The molecule has 160 valence electrons. The number of thiophene rings is 1. The van der Waals surface area contributed by atoms with Gasteiger partial charge in [0.1, 0.15) is 16.4 Å². The number of H-pyrrole nitrogens is 1. The summed E-state index contributed by atoms with van der Waals surface area (Å²) in [6.07, 6.45) is 3.59. The van der Waals surface area contributed by atoms with Crippen LogP contribution >= 0.6 is 11.3 Å². The first kappa shape index (κ1) is 20.2. The molecule has 0 saturated carbocycles. The van der Waals surface area contributed by atoms with E-state index in [1.165, 1.54) is 11.3 Å². The van der Waals surface area contributed by atoms with Crippen molar-refractivity contribution in [3.63, 3.8) is 0 Å². The summed E-state index contributed by atoms with van der Waals surface area (Å²) in [4.78, 5) is 37.1. The fourth-order valence-electron chi connectivity index (χ4n) is 3.91. The fourth-order valence-corrected chi connectivity index (χ4v) is 4.94.